The van der Waals surface area contributed by atoms with Gasteiger partial charge in [0.2, 0.25) is 0 Å². The molecule has 0 spiro atoms. The number of hydrogen-bond donors (Lipinski definition) is 0. The highest BCUT2D eigenvalue weighted by atomic mass is 16.1. The monoisotopic (exact) mass is 330 g/mol. The molecule has 0 radical (unpaired) electrons. The second-order valence-corrected chi connectivity index (χ2v) is 7.70. The van der Waals surface area contributed by atoms with Crippen LogP contribution in [0, 0.1) is 0 Å². The van der Waals surface area contributed by atoms with Crippen LogP contribution in [0.2, 0.25) is 0 Å². The van der Waals surface area contributed by atoms with Crippen molar-refractivity contribution in [2.24, 2.45) is 0 Å². The Kier molecular flexibility index (Phi) is 3.60. The highest BCUT2D eigenvalue weighted by Gasteiger charge is 2.20. The molecular formula is C22H22N2O. The average Bonchev–Trinajstić information content (AvgIpc) is 2.98. The number of aryl methyl sites for hydroxylation is 1. The van der Waals surface area contributed by atoms with Gasteiger partial charge in [-0.2, -0.15) is 4.98 Å². The van der Waals surface area contributed by atoms with Crippen molar-refractivity contribution >= 4 is 22.6 Å². The van der Waals surface area contributed by atoms with Crippen LogP contribution in [0.4, 0.5) is 0 Å². The maximum absolute atomic E-state index is 12.3. The first-order valence-electron chi connectivity index (χ1n) is 8.74. The molecular weight excluding hydrogens is 308 g/mol. The van der Waals surface area contributed by atoms with Gasteiger partial charge in [-0.3, -0.25) is 4.79 Å². The molecule has 0 aliphatic carbocycles. The number of benzene rings is 2. The van der Waals surface area contributed by atoms with Gasteiger partial charge in [-0.05, 0) is 46.7 Å². The van der Waals surface area contributed by atoms with Gasteiger partial charge >= 0.3 is 0 Å². The van der Waals surface area contributed by atoms with E-state index in [0.29, 0.717) is 5.39 Å². The van der Waals surface area contributed by atoms with Crippen LogP contribution in [0.1, 0.15) is 44.1 Å². The molecule has 1 aromatic heterocycles. The van der Waals surface area contributed by atoms with Gasteiger partial charge in [-0.1, -0.05) is 57.2 Å². The smallest absolute Gasteiger partial charge is 0.281 e. The van der Waals surface area contributed by atoms with Crippen molar-refractivity contribution in [2.75, 3.05) is 0 Å². The van der Waals surface area contributed by atoms with Crippen molar-refractivity contribution in [3.8, 4) is 0 Å². The summed E-state index contributed by atoms with van der Waals surface area (Å²) in [5.74, 6) is 0.809. The molecule has 1 aliphatic rings. The molecule has 0 saturated heterocycles. The van der Waals surface area contributed by atoms with Crippen LogP contribution in [0.25, 0.3) is 22.6 Å². The van der Waals surface area contributed by atoms with Gasteiger partial charge in [0.1, 0.15) is 5.82 Å². The zero-order chi connectivity index (χ0) is 17.6. The molecule has 126 valence electrons. The molecule has 0 bridgehead atoms. The van der Waals surface area contributed by atoms with Crippen molar-refractivity contribution in [1.82, 2.24) is 9.55 Å². The SMILES string of the molecule is CC(C)(C)c1ccc(C=C2CCn3c2nc(=O)c2ccccc23)cc1. The molecule has 3 nitrogen and oxygen atoms in total. The van der Waals surface area contributed by atoms with Gasteiger partial charge in [0.05, 0.1) is 10.9 Å². The van der Waals surface area contributed by atoms with Gasteiger partial charge in [-0.25, -0.2) is 0 Å². The van der Waals surface area contributed by atoms with E-state index in [-0.39, 0.29) is 11.0 Å². The Bertz CT molecular complexity index is 1030. The van der Waals surface area contributed by atoms with E-state index in [9.17, 15) is 4.79 Å². The maximum Gasteiger partial charge on any atom is 0.281 e. The standard InChI is InChI=1S/C22H22N2O/c1-22(2,3)17-10-8-15(9-11-17)14-16-12-13-24-19-7-5-4-6-18(19)21(25)23-20(16)24/h4-11,14H,12-13H2,1-3H3. The summed E-state index contributed by atoms with van der Waals surface area (Å²) in [5, 5.41) is 0.696. The molecule has 25 heavy (non-hydrogen) atoms. The second-order valence-electron chi connectivity index (χ2n) is 7.70. The molecule has 0 N–H and O–H groups in total. The zero-order valence-corrected chi connectivity index (χ0v) is 14.9. The average molecular weight is 330 g/mol. The van der Waals surface area contributed by atoms with Gasteiger partial charge in [-0.15, -0.1) is 0 Å². The zero-order valence-electron chi connectivity index (χ0n) is 14.9. The summed E-state index contributed by atoms with van der Waals surface area (Å²) in [5.41, 5.74) is 4.59. The molecule has 0 unspecified atom stereocenters. The van der Waals surface area contributed by atoms with E-state index < -0.39 is 0 Å². The molecule has 0 atom stereocenters. The van der Waals surface area contributed by atoms with Crippen LogP contribution in [0.5, 0.6) is 0 Å². The van der Waals surface area contributed by atoms with Crippen molar-refractivity contribution in [3.05, 3.63) is 75.8 Å². The number of fused-ring (bicyclic) bond motifs is 3. The highest BCUT2D eigenvalue weighted by molar-refractivity contribution is 5.85. The third-order valence-electron chi connectivity index (χ3n) is 4.90. The third kappa shape index (κ3) is 2.80. The van der Waals surface area contributed by atoms with E-state index in [1.54, 1.807) is 0 Å². The molecule has 2 heterocycles. The van der Waals surface area contributed by atoms with Crippen LogP contribution >= 0.6 is 0 Å². The lowest BCUT2D eigenvalue weighted by Crippen LogP contribution is -2.14. The minimum atomic E-state index is -0.141. The van der Waals surface area contributed by atoms with Crippen molar-refractivity contribution < 1.29 is 0 Å². The summed E-state index contributed by atoms with van der Waals surface area (Å²) >= 11 is 0. The first kappa shape index (κ1) is 15.8. The van der Waals surface area contributed by atoms with E-state index in [0.717, 1.165) is 35.4 Å². The fourth-order valence-electron chi connectivity index (χ4n) is 3.45. The number of hydrogen-bond acceptors (Lipinski definition) is 2. The second kappa shape index (κ2) is 5.69. The quantitative estimate of drug-likeness (QED) is 0.651. The Morgan fingerprint density at radius 2 is 1.76 bits per heavy atom. The fourth-order valence-corrected chi connectivity index (χ4v) is 3.45. The summed E-state index contributed by atoms with van der Waals surface area (Å²) < 4.78 is 2.16. The summed E-state index contributed by atoms with van der Waals surface area (Å²) in [6.07, 6.45) is 3.06. The maximum atomic E-state index is 12.3. The third-order valence-corrected chi connectivity index (χ3v) is 4.90. The van der Waals surface area contributed by atoms with E-state index in [1.165, 1.54) is 5.56 Å². The summed E-state index contributed by atoms with van der Waals surface area (Å²) in [6, 6.07) is 16.4. The van der Waals surface area contributed by atoms with E-state index in [4.69, 9.17) is 0 Å². The summed E-state index contributed by atoms with van der Waals surface area (Å²) in [4.78, 5) is 16.7. The predicted octanol–water partition coefficient (Wildman–Crippen LogP) is 4.64. The number of para-hydroxylation sites is 1. The van der Waals surface area contributed by atoms with E-state index in [2.05, 4.69) is 60.7 Å². The Labute approximate surface area is 147 Å². The highest BCUT2D eigenvalue weighted by Crippen LogP contribution is 2.30. The van der Waals surface area contributed by atoms with Crippen LogP contribution in [-0.2, 0) is 12.0 Å². The molecule has 0 amide bonds. The lowest BCUT2D eigenvalue weighted by atomic mass is 9.86. The van der Waals surface area contributed by atoms with E-state index in [1.807, 2.05) is 24.3 Å². The Balaban J connectivity index is 1.78. The predicted molar refractivity (Wildman–Crippen MR) is 104 cm³/mol. The molecule has 4 rings (SSSR count). The molecule has 0 fully saturated rings. The molecule has 0 saturated carbocycles. The van der Waals surface area contributed by atoms with Crippen molar-refractivity contribution in [2.45, 2.75) is 39.2 Å². The summed E-state index contributed by atoms with van der Waals surface area (Å²) in [6.45, 7) is 7.52. The summed E-state index contributed by atoms with van der Waals surface area (Å²) in [7, 11) is 0. The van der Waals surface area contributed by atoms with Gasteiger partial charge in [0, 0.05) is 6.54 Å². The molecule has 3 aromatic rings. The van der Waals surface area contributed by atoms with Gasteiger partial charge in [0.15, 0.2) is 0 Å². The largest absolute Gasteiger partial charge is 0.325 e. The molecule has 2 aromatic carbocycles. The van der Waals surface area contributed by atoms with Crippen LogP contribution in [0.15, 0.2) is 53.3 Å². The Morgan fingerprint density at radius 1 is 1.04 bits per heavy atom. The minimum Gasteiger partial charge on any atom is -0.325 e. The van der Waals surface area contributed by atoms with E-state index >= 15 is 0 Å². The van der Waals surface area contributed by atoms with Crippen molar-refractivity contribution in [3.63, 3.8) is 0 Å². The topological polar surface area (TPSA) is 34.9 Å². The molecule has 3 heteroatoms. The number of rotatable bonds is 1. The van der Waals surface area contributed by atoms with Crippen LogP contribution < -0.4 is 5.56 Å². The Hall–Kier alpha value is -2.68. The van der Waals surface area contributed by atoms with Gasteiger partial charge in [0.25, 0.3) is 5.56 Å². The number of allylic oxidation sites excluding steroid dienone is 1. The Morgan fingerprint density at radius 3 is 2.48 bits per heavy atom. The van der Waals surface area contributed by atoms with Crippen LogP contribution in [-0.4, -0.2) is 9.55 Å². The first-order valence-corrected chi connectivity index (χ1v) is 8.74. The minimum absolute atomic E-state index is 0.141. The molecule has 1 aliphatic heterocycles. The normalized spacial score (nSPS) is 15.7. The first-order chi connectivity index (χ1) is 11.9. The van der Waals surface area contributed by atoms with Gasteiger partial charge < -0.3 is 4.57 Å². The number of aromatic nitrogens is 2. The fraction of sp³-hybridized carbons (Fsp3) is 0.273. The lowest BCUT2D eigenvalue weighted by molar-refractivity contribution is 0.590. The number of nitrogens with zero attached hydrogens (tertiary/aromatic N) is 2. The lowest BCUT2D eigenvalue weighted by Gasteiger charge is -2.18. The van der Waals surface area contributed by atoms with Crippen LogP contribution in [0.3, 0.4) is 0 Å². The van der Waals surface area contributed by atoms with Crippen molar-refractivity contribution in [1.29, 1.82) is 0 Å².